The van der Waals surface area contributed by atoms with Crippen molar-refractivity contribution in [1.82, 2.24) is 15.5 Å². The molecule has 0 aliphatic rings. The Morgan fingerprint density at radius 3 is 2.15 bits per heavy atom. The number of rotatable bonds is 16. The Balaban J connectivity index is 3.39. The van der Waals surface area contributed by atoms with Crippen LogP contribution in [0.5, 0.6) is 0 Å². The van der Waals surface area contributed by atoms with Gasteiger partial charge in [-0.3, -0.25) is 14.4 Å². The third-order valence-electron chi connectivity index (χ3n) is 6.01. The molecule has 0 bridgehead atoms. The fourth-order valence-corrected chi connectivity index (χ4v) is 4.35. The molecule has 2 unspecified atom stereocenters. The van der Waals surface area contributed by atoms with Crippen molar-refractivity contribution in [3.05, 3.63) is 34.9 Å². The highest BCUT2D eigenvalue weighted by atomic mass is 16.6. The molecule has 3 amide bonds. The summed E-state index contributed by atoms with van der Waals surface area (Å²) in [6.07, 6.45) is 3.73. The fraction of sp³-hybridized carbons (Fsp3) is 0.667. The predicted molar refractivity (Wildman–Crippen MR) is 154 cm³/mol. The number of nitrogens with zero attached hydrogens (tertiary/aromatic N) is 1. The lowest BCUT2D eigenvalue weighted by atomic mass is 9.98. The van der Waals surface area contributed by atoms with E-state index >= 15 is 0 Å². The highest BCUT2D eigenvalue weighted by molar-refractivity contribution is 5.92. The largest absolute Gasteiger partial charge is 0.466 e. The second-order valence-corrected chi connectivity index (χ2v) is 11.0. The summed E-state index contributed by atoms with van der Waals surface area (Å²) in [5, 5.41) is 15.3. The Morgan fingerprint density at radius 2 is 1.60 bits per heavy atom. The number of hydrogen-bond acceptors (Lipinski definition) is 7. The van der Waals surface area contributed by atoms with Crippen molar-refractivity contribution in [1.29, 1.82) is 0 Å². The van der Waals surface area contributed by atoms with Crippen LogP contribution in [0.15, 0.2) is 18.2 Å². The average molecular weight is 564 g/mol. The maximum atomic E-state index is 13.9. The number of aliphatic hydroxyl groups excluding tert-OH is 1. The third kappa shape index (κ3) is 12.8. The van der Waals surface area contributed by atoms with Gasteiger partial charge in [0.2, 0.25) is 11.8 Å². The smallest absolute Gasteiger partial charge is 0.408 e. The number of esters is 1. The van der Waals surface area contributed by atoms with Crippen LogP contribution < -0.4 is 10.6 Å². The molecule has 1 aromatic rings. The Kier molecular flexibility index (Phi) is 15.3. The summed E-state index contributed by atoms with van der Waals surface area (Å²) in [4.78, 5) is 53.3. The van der Waals surface area contributed by atoms with E-state index in [1.807, 2.05) is 32.0 Å². The summed E-state index contributed by atoms with van der Waals surface area (Å²) in [6, 6.07) is 3.29. The number of ether oxygens (including phenoxy) is 2. The molecule has 0 aliphatic carbocycles. The highest BCUT2D eigenvalue weighted by Gasteiger charge is 2.36. The molecule has 1 aromatic carbocycles. The molecule has 0 heterocycles. The monoisotopic (exact) mass is 563 g/mol. The fourth-order valence-electron chi connectivity index (χ4n) is 4.35. The first-order valence-electron chi connectivity index (χ1n) is 14.2. The minimum atomic E-state index is -1.31. The van der Waals surface area contributed by atoms with Crippen LogP contribution in [0.1, 0.15) is 95.9 Å². The van der Waals surface area contributed by atoms with E-state index < -0.39 is 48.2 Å². The molecule has 226 valence electrons. The number of carbonyl (C=O) groups is 4. The summed E-state index contributed by atoms with van der Waals surface area (Å²) >= 11 is 0. The molecular weight excluding hydrogens is 514 g/mol. The van der Waals surface area contributed by atoms with Gasteiger partial charge in [-0.1, -0.05) is 61.9 Å². The number of aliphatic hydroxyl groups is 1. The van der Waals surface area contributed by atoms with Crippen molar-refractivity contribution in [2.24, 2.45) is 0 Å². The first kappa shape index (κ1) is 34.9. The summed E-state index contributed by atoms with van der Waals surface area (Å²) in [6.45, 7) is 12.6. The molecule has 3 N–H and O–H groups in total. The second kappa shape index (κ2) is 17.5. The first-order valence-corrected chi connectivity index (χ1v) is 14.2. The van der Waals surface area contributed by atoms with Crippen LogP contribution in [-0.4, -0.2) is 71.8 Å². The Labute approximate surface area is 239 Å². The van der Waals surface area contributed by atoms with Crippen molar-refractivity contribution in [3.63, 3.8) is 0 Å². The molecule has 0 spiro atoms. The summed E-state index contributed by atoms with van der Waals surface area (Å²) in [5.41, 5.74) is 1.63. The molecule has 10 nitrogen and oxygen atoms in total. The van der Waals surface area contributed by atoms with E-state index in [0.717, 1.165) is 36.8 Å². The van der Waals surface area contributed by atoms with Crippen molar-refractivity contribution in [2.45, 2.75) is 105 Å². The van der Waals surface area contributed by atoms with Crippen molar-refractivity contribution < 1.29 is 33.8 Å². The number of benzene rings is 1. The Hall–Kier alpha value is -3.14. The van der Waals surface area contributed by atoms with Gasteiger partial charge in [-0.2, -0.15) is 0 Å². The van der Waals surface area contributed by atoms with Gasteiger partial charge in [-0.25, -0.2) is 4.79 Å². The number of unbranched alkanes of at least 4 members (excludes halogenated alkanes) is 4. The molecule has 0 saturated carbocycles. The Bertz CT molecular complexity index is 954. The van der Waals surface area contributed by atoms with Crippen LogP contribution in [-0.2, 0) is 23.9 Å². The third-order valence-corrected chi connectivity index (χ3v) is 6.01. The zero-order valence-corrected chi connectivity index (χ0v) is 25.3. The van der Waals surface area contributed by atoms with Gasteiger partial charge < -0.3 is 30.1 Å². The minimum Gasteiger partial charge on any atom is -0.466 e. The summed E-state index contributed by atoms with van der Waals surface area (Å²) < 4.78 is 10.2. The van der Waals surface area contributed by atoms with Crippen LogP contribution in [0.2, 0.25) is 0 Å². The van der Waals surface area contributed by atoms with Crippen LogP contribution in [0.25, 0.3) is 0 Å². The molecule has 0 fully saturated rings. The van der Waals surface area contributed by atoms with Gasteiger partial charge >= 0.3 is 12.1 Å². The summed E-state index contributed by atoms with van der Waals surface area (Å²) in [7, 11) is 0. The quantitative estimate of drug-likeness (QED) is 0.204. The van der Waals surface area contributed by atoms with E-state index in [2.05, 4.69) is 17.6 Å². The van der Waals surface area contributed by atoms with Crippen LogP contribution in [0.4, 0.5) is 4.79 Å². The van der Waals surface area contributed by atoms with Crippen molar-refractivity contribution >= 4 is 23.9 Å². The standard InChI is InChI=1S/C30H49N3O7/c1-8-10-11-12-13-16-33(28(37)24(20-34)32-29(38)40-30(5,6)7)26(23-18-21(3)17-22(4)19-23)27(36)31-15-14-25(35)39-9-2/h17-19,24,26,34H,8-16,20H2,1-7H3,(H,31,36)(H,32,38). The minimum absolute atomic E-state index is 0.0103. The lowest BCUT2D eigenvalue weighted by molar-refractivity contribution is -0.144. The number of amides is 3. The van der Waals surface area contributed by atoms with Gasteiger partial charge in [0.25, 0.3) is 0 Å². The lowest BCUT2D eigenvalue weighted by Gasteiger charge is -2.34. The van der Waals surface area contributed by atoms with E-state index in [1.165, 1.54) is 4.90 Å². The number of nitrogens with one attached hydrogen (secondary N) is 2. The maximum Gasteiger partial charge on any atom is 0.408 e. The van der Waals surface area contributed by atoms with Gasteiger partial charge in [0.15, 0.2) is 0 Å². The lowest BCUT2D eigenvalue weighted by Crippen LogP contribution is -2.54. The zero-order valence-electron chi connectivity index (χ0n) is 25.3. The SMILES string of the molecule is CCCCCCCN(C(=O)C(CO)NC(=O)OC(C)(C)C)C(C(=O)NCCC(=O)OCC)c1cc(C)cc(C)c1. The first-order chi connectivity index (χ1) is 18.8. The Morgan fingerprint density at radius 1 is 0.975 bits per heavy atom. The average Bonchev–Trinajstić information content (AvgIpc) is 2.84. The number of alkyl carbamates (subject to hydrolysis) is 1. The number of aryl methyl sites for hydroxylation is 2. The van der Waals surface area contributed by atoms with Gasteiger partial charge in [-0.15, -0.1) is 0 Å². The van der Waals surface area contributed by atoms with Crippen molar-refractivity contribution in [3.8, 4) is 0 Å². The number of carbonyl (C=O) groups excluding carboxylic acids is 4. The molecule has 10 heteroatoms. The maximum absolute atomic E-state index is 13.9. The topological polar surface area (TPSA) is 134 Å². The van der Waals surface area contributed by atoms with Gasteiger partial charge in [-0.05, 0) is 53.5 Å². The molecule has 1 rings (SSSR count). The van der Waals surface area contributed by atoms with Crippen LogP contribution in [0.3, 0.4) is 0 Å². The van der Waals surface area contributed by atoms with Crippen LogP contribution >= 0.6 is 0 Å². The zero-order chi connectivity index (χ0) is 30.3. The second-order valence-electron chi connectivity index (χ2n) is 11.0. The predicted octanol–water partition coefficient (Wildman–Crippen LogP) is 4.10. The van der Waals surface area contributed by atoms with Gasteiger partial charge in [0.05, 0.1) is 19.6 Å². The van der Waals surface area contributed by atoms with E-state index in [9.17, 15) is 24.3 Å². The van der Waals surface area contributed by atoms with E-state index in [4.69, 9.17) is 9.47 Å². The highest BCUT2D eigenvalue weighted by Crippen LogP contribution is 2.26. The van der Waals surface area contributed by atoms with Gasteiger partial charge in [0.1, 0.15) is 17.7 Å². The normalized spacial score (nSPS) is 12.7. The molecule has 0 saturated heterocycles. The van der Waals surface area contributed by atoms with E-state index in [-0.39, 0.29) is 26.1 Å². The van der Waals surface area contributed by atoms with E-state index in [1.54, 1.807) is 27.7 Å². The van der Waals surface area contributed by atoms with E-state index in [0.29, 0.717) is 12.0 Å². The molecular formula is C30H49N3O7. The summed E-state index contributed by atoms with van der Waals surface area (Å²) in [5.74, 6) is -1.50. The number of hydrogen-bond donors (Lipinski definition) is 3. The molecule has 0 aromatic heterocycles. The molecule has 0 radical (unpaired) electrons. The van der Waals surface area contributed by atoms with Crippen LogP contribution in [0, 0.1) is 13.8 Å². The molecule has 2 atom stereocenters. The van der Waals surface area contributed by atoms with Gasteiger partial charge in [0, 0.05) is 13.1 Å². The van der Waals surface area contributed by atoms with Crippen molar-refractivity contribution in [2.75, 3.05) is 26.3 Å². The molecule has 40 heavy (non-hydrogen) atoms. The molecule has 0 aliphatic heterocycles.